The molecule has 0 amide bonds. The molecule has 1 N–H and O–H groups in total. The standard InChI is InChI=1S/C18H25N3/c1-4-16-11-19-18(2,3)13-21(16)12-15-10-9-14-7-5-6-8-17(14)20-15/h5-10,16,19H,4,11-13H2,1-3H3. The van der Waals surface area contributed by atoms with Crippen LogP contribution in [-0.2, 0) is 6.54 Å². The van der Waals surface area contributed by atoms with Crippen LogP contribution in [-0.4, -0.2) is 34.6 Å². The molecule has 1 aliphatic rings. The molecule has 0 radical (unpaired) electrons. The van der Waals surface area contributed by atoms with Crippen molar-refractivity contribution in [1.82, 2.24) is 15.2 Å². The number of hydrogen-bond acceptors (Lipinski definition) is 3. The highest BCUT2D eigenvalue weighted by Crippen LogP contribution is 2.20. The maximum Gasteiger partial charge on any atom is 0.0705 e. The van der Waals surface area contributed by atoms with Crippen LogP contribution in [0.2, 0.25) is 0 Å². The van der Waals surface area contributed by atoms with Gasteiger partial charge in [-0.1, -0.05) is 31.2 Å². The number of nitrogens with zero attached hydrogens (tertiary/aromatic N) is 2. The van der Waals surface area contributed by atoms with Gasteiger partial charge in [0.1, 0.15) is 0 Å². The van der Waals surface area contributed by atoms with Crippen molar-refractivity contribution < 1.29 is 0 Å². The molecule has 1 saturated heterocycles. The van der Waals surface area contributed by atoms with E-state index in [1.54, 1.807) is 0 Å². The number of nitrogens with one attached hydrogen (secondary N) is 1. The second kappa shape index (κ2) is 5.74. The lowest BCUT2D eigenvalue weighted by Gasteiger charge is -2.44. The van der Waals surface area contributed by atoms with Crippen LogP contribution in [0.4, 0.5) is 0 Å². The van der Waals surface area contributed by atoms with Crippen molar-refractivity contribution in [2.24, 2.45) is 0 Å². The highest BCUT2D eigenvalue weighted by Gasteiger charge is 2.31. The zero-order valence-electron chi connectivity index (χ0n) is 13.3. The maximum atomic E-state index is 4.82. The number of benzene rings is 1. The molecule has 1 aromatic carbocycles. The van der Waals surface area contributed by atoms with Gasteiger partial charge in [-0.25, -0.2) is 0 Å². The second-order valence-electron chi connectivity index (χ2n) is 6.73. The molecular formula is C18H25N3. The molecule has 21 heavy (non-hydrogen) atoms. The molecule has 1 atom stereocenters. The van der Waals surface area contributed by atoms with Gasteiger partial charge in [-0.05, 0) is 32.4 Å². The van der Waals surface area contributed by atoms with Gasteiger partial charge in [-0.3, -0.25) is 9.88 Å². The van der Waals surface area contributed by atoms with Gasteiger partial charge in [0.2, 0.25) is 0 Å². The second-order valence-corrected chi connectivity index (χ2v) is 6.73. The van der Waals surface area contributed by atoms with Crippen LogP contribution in [0.5, 0.6) is 0 Å². The number of hydrogen-bond donors (Lipinski definition) is 1. The summed E-state index contributed by atoms with van der Waals surface area (Å²) in [5.41, 5.74) is 2.45. The van der Waals surface area contributed by atoms with E-state index in [2.05, 4.69) is 67.4 Å². The smallest absolute Gasteiger partial charge is 0.0705 e. The third-order valence-corrected chi connectivity index (χ3v) is 4.42. The van der Waals surface area contributed by atoms with Crippen molar-refractivity contribution in [3.05, 3.63) is 42.1 Å². The fourth-order valence-electron chi connectivity index (χ4n) is 3.21. The monoisotopic (exact) mass is 283 g/mol. The summed E-state index contributed by atoms with van der Waals surface area (Å²) >= 11 is 0. The molecule has 1 aliphatic heterocycles. The van der Waals surface area contributed by atoms with Crippen LogP contribution in [0.15, 0.2) is 36.4 Å². The Morgan fingerprint density at radius 1 is 1.24 bits per heavy atom. The van der Waals surface area contributed by atoms with E-state index < -0.39 is 0 Å². The summed E-state index contributed by atoms with van der Waals surface area (Å²) < 4.78 is 0. The number of piperazine rings is 1. The van der Waals surface area contributed by atoms with Crippen LogP contribution < -0.4 is 5.32 Å². The van der Waals surface area contributed by atoms with Crippen LogP contribution in [0, 0.1) is 0 Å². The van der Waals surface area contributed by atoms with E-state index in [9.17, 15) is 0 Å². The number of rotatable bonds is 3. The topological polar surface area (TPSA) is 28.2 Å². The minimum Gasteiger partial charge on any atom is -0.309 e. The van der Waals surface area contributed by atoms with E-state index in [4.69, 9.17) is 4.98 Å². The molecule has 1 aromatic heterocycles. The molecule has 2 aromatic rings. The summed E-state index contributed by atoms with van der Waals surface area (Å²) in [6, 6.07) is 13.3. The van der Waals surface area contributed by atoms with Crippen LogP contribution in [0.3, 0.4) is 0 Å². The third-order valence-electron chi connectivity index (χ3n) is 4.42. The highest BCUT2D eigenvalue weighted by molar-refractivity contribution is 5.78. The predicted octanol–water partition coefficient (Wildman–Crippen LogP) is 3.20. The summed E-state index contributed by atoms with van der Waals surface area (Å²) in [7, 11) is 0. The van der Waals surface area contributed by atoms with Crippen LogP contribution in [0.25, 0.3) is 10.9 Å². The van der Waals surface area contributed by atoms with E-state index in [0.29, 0.717) is 6.04 Å². The van der Waals surface area contributed by atoms with Crippen molar-refractivity contribution in [2.75, 3.05) is 13.1 Å². The van der Waals surface area contributed by atoms with Gasteiger partial charge >= 0.3 is 0 Å². The normalized spacial score (nSPS) is 22.5. The first-order valence-corrected chi connectivity index (χ1v) is 7.91. The quantitative estimate of drug-likeness (QED) is 0.937. The lowest BCUT2D eigenvalue weighted by Crippen LogP contribution is -2.61. The highest BCUT2D eigenvalue weighted by atomic mass is 15.2. The number of pyridine rings is 1. The van der Waals surface area contributed by atoms with Crippen molar-refractivity contribution in [1.29, 1.82) is 0 Å². The van der Waals surface area contributed by atoms with Crippen molar-refractivity contribution in [2.45, 2.75) is 45.3 Å². The van der Waals surface area contributed by atoms with Gasteiger partial charge < -0.3 is 5.32 Å². The Morgan fingerprint density at radius 2 is 2.05 bits per heavy atom. The zero-order chi connectivity index (χ0) is 14.9. The Morgan fingerprint density at radius 3 is 2.86 bits per heavy atom. The Hall–Kier alpha value is -1.45. The largest absolute Gasteiger partial charge is 0.309 e. The molecule has 0 bridgehead atoms. The molecule has 112 valence electrons. The minimum atomic E-state index is 0.183. The Bertz CT molecular complexity index is 621. The van der Waals surface area contributed by atoms with E-state index >= 15 is 0 Å². The van der Waals surface area contributed by atoms with Gasteiger partial charge in [-0.15, -0.1) is 0 Å². The summed E-state index contributed by atoms with van der Waals surface area (Å²) in [4.78, 5) is 7.40. The minimum absolute atomic E-state index is 0.183. The zero-order valence-corrected chi connectivity index (χ0v) is 13.3. The lowest BCUT2D eigenvalue weighted by atomic mass is 9.97. The summed E-state index contributed by atoms with van der Waals surface area (Å²) in [6.45, 7) is 9.90. The Balaban J connectivity index is 1.82. The average Bonchev–Trinajstić information content (AvgIpc) is 2.46. The molecule has 0 saturated carbocycles. The number of aromatic nitrogens is 1. The first-order chi connectivity index (χ1) is 10.1. The van der Waals surface area contributed by atoms with Gasteiger partial charge in [0.15, 0.2) is 0 Å². The van der Waals surface area contributed by atoms with Gasteiger partial charge in [-0.2, -0.15) is 0 Å². The first kappa shape index (κ1) is 14.5. The number of fused-ring (bicyclic) bond motifs is 1. The molecule has 1 fully saturated rings. The molecular weight excluding hydrogens is 258 g/mol. The molecule has 3 heteroatoms. The van der Waals surface area contributed by atoms with E-state index in [0.717, 1.165) is 25.2 Å². The Labute approximate surface area is 127 Å². The molecule has 3 rings (SSSR count). The van der Waals surface area contributed by atoms with Gasteiger partial charge in [0, 0.05) is 36.6 Å². The fraction of sp³-hybridized carbons (Fsp3) is 0.500. The number of para-hydroxylation sites is 1. The summed E-state index contributed by atoms with van der Waals surface area (Å²) in [5, 5.41) is 4.86. The first-order valence-electron chi connectivity index (χ1n) is 7.91. The lowest BCUT2D eigenvalue weighted by molar-refractivity contribution is 0.0848. The molecule has 2 heterocycles. The summed E-state index contributed by atoms with van der Waals surface area (Å²) in [6.07, 6.45) is 1.18. The van der Waals surface area contributed by atoms with Gasteiger partial charge in [0.25, 0.3) is 0 Å². The van der Waals surface area contributed by atoms with E-state index in [-0.39, 0.29) is 5.54 Å². The predicted molar refractivity (Wildman–Crippen MR) is 88.3 cm³/mol. The SMILES string of the molecule is CCC1CNC(C)(C)CN1Cc1ccc2ccccc2n1. The van der Waals surface area contributed by atoms with Crippen molar-refractivity contribution in [3.8, 4) is 0 Å². The van der Waals surface area contributed by atoms with Crippen molar-refractivity contribution >= 4 is 10.9 Å². The summed E-state index contributed by atoms with van der Waals surface area (Å²) in [5.74, 6) is 0. The maximum absolute atomic E-state index is 4.82. The average molecular weight is 283 g/mol. The molecule has 0 aliphatic carbocycles. The van der Waals surface area contributed by atoms with E-state index in [1.807, 2.05) is 0 Å². The van der Waals surface area contributed by atoms with Crippen LogP contribution in [0.1, 0.15) is 32.9 Å². The molecule has 0 spiro atoms. The molecule has 3 nitrogen and oxygen atoms in total. The van der Waals surface area contributed by atoms with E-state index in [1.165, 1.54) is 17.5 Å². The third kappa shape index (κ3) is 3.25. The Kier molecular flexibility index (Phi) is 3.96. The van der Waals surface area contributed by atoms with Crippen LogP contribution >= 0.6 is 0 Å². The van der Waals surface area contributed by atoms with Gasteiger partial charge in [0.05, 0.1) is 11.2 Å². The molecule has 1 unspecified atom stereocenters. The van der Waals surface area contributed by atoms with Crippen molar-refractivity contribution in [3.63, 3.8) is 0 Å². The fourth-order valence-corrected chi connectivity index (χ4v) is 3.21.